The van der Waals surface area contributed by atoms with Gasteiger partial charge < -0.3 is 5.32 Å². The lowest BCUT2D eigenvalue weighted by Gasteiger charge is -2.18. The van der Waals surface area contributed by atoms with Crippen molar-refractivity contribution < 1.29 is 0 Å². The third kappa shape index (κ3) is 2.96. The van der Waals surface area contributed by atoms with Crippen molar-refractivity contribution in [2.75, 3.05) is 7.05 Å². The SMILES string of the molecule is CNC(Cc1ccc(Cl)cc1Cl)C1CC1(C)C. The van der Waals surface area contributed by atoms with Crippen molar-refractivity contribution >= 4 is 23.2 Å². The molecule has 2 atom stereocenters. The molecule has 1 aromatic rings. The topological polar surface area (TPSA) is 12.0 Å². The first-order valence-corrected chi connectivity index (χ1v) is 6.81. The van der Waals surface area contributed by atoms with Crippen LogP contribution >= 0.6 is 23.2 Å². The number of rotatable bonds is 4. The monoisotopic (exact) mass is 271 g/mol. The van der Waals surface area contributed by atoms with Gasteiger partial charge in [-0.05, 0) is 48.9 Å². The summed E-state index contributed by atoms with van der Waals surface area (Å²) in [5.41, 5.74) is 1.66. The van der Waals surface area contributed by atoms with Crippen LogP contribution < -0.4 is 5.32 Å². The molecular weight excluding hydrogens is 253 g/mol. The Morgan fingerprint density at radius 1 is 1.41 bits per heavy atom. The molecular formula is C14H19Cl2N. The van der Waals surface area contributed by atoms with E-state index in [9.17, 15) is 0 Å². The summed E-state index contributed by atoms with van der Waals surface area (Å²) in [4.78, 5) is 0. The Morgan fingerprint density at radius 3 is 2.53 bits per heavy atom. The van der Waals surface area contributed by atoms with Gasteiger partial charge in [0.05, 0.1) is 0 Å². The summed E-state index contributed by atoms with van der Waals surface area (Å²) in [5, 5.41) is 4.89. The van der Waals surface area contributed by atoms with E-state index in [1.165, 1.54) is 12.0 Å². The van der Waals surface area contributed by atoms with Crippen molar-refractivity contribution in [1.82, 2.24) is 5.32 Å². The van der Waals surface area contributed by atoms with E-state index in [0.29, 0.717) is 16.5 Å². The predicted octanol–water partition coefficient (Wildman–Crippen LogP) is 4.17. The Morgan fingerprint density at radius 2 is 2.06 bits per heavy atom. The third-order valence-electron chi connectivity index (χ3n) is 3.90. The molecule has 1 aliphatic carbocycles. The minimum atomic E-state index is 0.479. The molecule has 1 nitrogen and oxygen atoms in total. The van der Waals surface area contributed by atoms with E-state index in [1.54, 1.807) is 0 Å². The molecule has 2 rings (SSSR count). The molecule has 1 fully saturated rings. The highest BCUT2D eigenvalue weighted by atomic mass is 35.5. The lowest BCUT2D eigenvalue weighted by atomic mass is 9.97. The molecule has 0 heterocycles. The number of benzene rings is 1. The second kappa shape index (κ2) is 4.79. The summed E-state index contributed by atoms with van der Waals surface area (Å²) in [6.45, 7) is 4.65. The zero-order valence-electron chi connectivity index (χ0n) is 10.6. The van der Waals surface area contributed by atoms with Crippen LogP contribution in [0.3, 0.4) is 0 Å². The number of likely N-dealkylation sites (N-methyl/N-ethyl adjacent to an activating group) is 1. The summed E-state index contributed by atoms with van der Waals surface area (Å²) in [5.74, 6) is 0.749. The van der Waals surface area contributed by atoms with Gasteiger partial charge in [-0.15, -0.1) is 0 Å². The van der Waals surface area contributed by atoms with Crippen LogP contribution in [0.5, 0.6) is 0 Å². The summed E-state index contributed by atoms with van der Waals surface area (Å²) in [7, 11) is 2.03. The Balaban J connectivity index is 2.09. The Bertz CT molecular complexity index is 415. The summed E-state index contributed by atoms with van der Waals surface area (Å²) < 4.78 is 0. The van der Waals surface area contributed by atoms with E-state index in [1.807, 2.05) is 25.2 Å². The van der Waals surface area contributed by atoms with E-state index in [-0.39, 0.29) is 0 Å². The lowest BCUT2D eigenvalue weighted by molar-refractivity contribution is 0.426. The van der Waals surface area contributed by atoms with Crippen molar-refractivity contribution in [1.29, 1.82) is 0 Å². The highest BCUT2D eigenvalue weighted by Gasteiger charge is 2.49. The molecule has 0 saturated heterocycles. The molecule has 0 aliphatic heterocycles. The van der Waals surface area contributed by atoms with Gasteiger partial charge in [0.25, 0.3) is 0 Å². The Kier molecular flexibility index (Phi) is 3.72. The highest BCUT2D eigenvalue weighted by Crippen LogP contribution is 2.54. The van der Waals surface area contributed by atoms with Crippen LogP contribution in [0.1, 0.15) is 25.8 Å². The lowest BCUT2D eigenvalue weighted by Crippen LogP contribution is -2.31. The minimum Gasteiger partial charge on any atom is -0.316 e. The number of halogens is 2. The van der Waals surface area contributed by atoms with Gasteiger partial charge in [-0.2, -0.15) is 0 Å². The summed E-state index contributed by atoms with van der Waals surface area (Å²) >= 11 is 12.1. The van der Waals surface area contributed by atoms with Crippen molar-refractivity contribution in [3.05, 3.63) is 33.8 Å². The molecule has 0 radical (unpaired) electrons. The van der Waals surface area contributed by atoms with E-state index in [2.05, 4.69) is 19.2 Å². The maximum atomic E-state index is 6.21. The van der Waals surface area contributed by atoms with Crippen LogP contribution in [0.15, 0.2) is 18.2 Å². The smallest absolute Gasteiger partial charge is 0.0453 e. The second-order valence-corrected chi connectivity index (χ2v) is 6.48. The van der Waals surface area contributed by atoms with E-state index in [4.69, 9.17) is 23.2 Å². The molecule has 94 valence electrons. The molecule has 1 N–H and O–H groups in total. The Labute approximate surface area is 114 Å². The molecule has 2 unspecified atom stereocenters. The van der Waals surface area contributed by atoms with Gasteiger partial charge in [0, 0.05) is 16.1 Å². The maximum Gasteiger partial charge on any atom is 0.0453 e. The first-order chi connectivity index (χ1) is 7.94. The second-order valence-electron chi connectivity index (χ2n) is 5.63. The summed E-state index contributed by atoms with van der Waals surface area (Å²) in [6.07, 6.45) is 2.27. The maximum absolute atomic E-state index is 6.21. The first-order valence-electron chi connectivity index (χ1n) is 6.05. The average molecular weight is 272 g/mol. The molecule has 0 aromatic heterocycles. The zero-order chi connectivity index (χ0) is 12.6. The fraction of sp³-hybridized carbons (Fsp3) is 0.571. The van der Waals surface area contributed by atoms with Crippen LogP contribution in [0, 0.1) is 11.3 Å². The fourth-order valence-corrected chi connectivity index (χ4v) is 3.05. The van der Waals surface area contributed by atoms with E-state index >= 15 is 0 Å². The van der Waals surface area contributed by atoms with E-state index < -0.39 is 0 Å². The Hall–Kier alpha value is -0.240. The van der Waals surface area contributed by atoms with Crippen molar-refractivity contribution in [2.45, 2.75) is 32.7 Å². The zero-order valence-corrected chi connectivity index (χ0v) is 12.1. The minimum absolute atomic E-state index is 0.479. The van der Waals surface area contributed by atoms with Gasteiger partial charge in [0.1, 0.15) is 0 Å². The van der Waals surface area contributed by atoms with Gasteiger partial charge >= 0.3 is 0 Å². The molecule has 1 aliphatic rings. The molecule has 1 saturated carbocycles. The molecule has 17 heavy (non-hydrogen) atoms. The third-order valence-corrected chi connectivity index (χ3v) is 4.49. The van der Waals surface area contributed by atoms with Crippen molar-refractivity contribution in [2.24, 2.45) is 11.3 Å². The van der Waals surface area contributed by atoms with E-state index in [0.717, 1.165) is 17.4 Å². The molecule has 1 aromatic carbocycles. The van der Waals surface area contributed by atoms with Gasteiger partial charge in [-0.3, -0.25) is 0 Å². The van der Waals surface area contributed by atoms with Crippen LogP contribution in [0.25, 0.3) is 0 Å². The van der Waals surface area contributed by atoms with Crippen LogP contribution in [0.2, 0.25) is 10.0 Å². The normalized spacial score (nSPS) is 23.5. The predicted molar refractivity (Wildman–Crippen MR) is 74.9 cm³/mol. The van der Waals surface area contributed by atoms with Gasteiger partial charge in [0.15, 0.2) is 0 Å². The number of nitrogens with one attached hydrogen (secondary N) is 1. The standard InChI is InChI=1S/C14H19Cl2N/c1-14(2)8-11(14)13(17-3)6-9-4-5-10(15)7-12(9)16/h4-5,7,11,13,17H,6,8H2,1-3H3. The van der Waals surface area contributed by atoms with Crippen LogP contribution in [-0.2, 0) is 6.42 Å². The van der Waals surface area contributed by atoms with Gasteiger partial charge in [-0.25, -0.2) is 0 Å². The first kappa shape index (κ1) is 13.2. The molecule has 3 heteroatoms. The van der Waals surface area contributed by atoms with Crippen molar-refractivity contribution in [3.63, 3.8) is 0 Å². The van der Waals surface area contributed by atoms with Crippen LogP contribution in [-0.4, -0.2) is 13.1 Å². The van der Waals surface area contributed by atoms with Gasteiger partial charge in [0.2, 0.25) is 0 Å². The number of hydrogen-bond acceptors (Lipinski definition) is 1. The molecule has 0 bridgehead atoms. The van der Waals surface area contributed by atoms with Crippen LogP contribution in [0.4, 0.5) is 0 Å². The summed E-state index contributed by atoms with van der Waals surface area (Å²) in [6, 6.07) is 6.27. The highest BCUT2D eigenvalue weighted by molar-refractivity contribution is 6.35. The molecule has 0 amide bonds. The largest absolute Gasteiger partial charge is 0.316 e. The van der Waals surface area contributed by atoms with Crippen molar-refractivity contribution in [3.8, 4) is 0 Å². The molecule has 0 spiro atoms. The average Bonchev–Trinajstić information content (AvgIpc) is 2.86. The fourth-order valence-electron chi connectivity index (χ4n) is 2.56. The quantitative estimate of drug-likeness (QED) is 0.867. The number of hydrogen-bond donors (Lipinski definition) is 1. The van der Waals surface area contributed by atoms with Gasteiger partial charge in [-0.1, -0.05) is 43.1 Å².